The SMILES string of the molecule is CC1(C)C2=CC3C(C=C2c2ccccc21)c1ccccc1C3(C)C. The summed E-state index contributed by atoms with van der Waals surface area (Å²) in [7, 11) is 0. The normalized spacial score (nSPS) is 27.5. The van der Waals surface area contributed by atoms with Gasteiger partial charge in [-0.2, -0.15) is 0 Å². The molecule has 0 bridgehead atoms. The van der Waals surface area contributed by atoms with Crippen molar-refractivity contribution in [3.63, 3.8) is 0 Å². The zero-order chi connectivity index (χ0) is 16.7. The Labute approximate surface area is 144 Å². The van der Waals surface area contributed by atoms with E-state index in [4.69, 9.17) is 0 Å². The Morgan fingerprint density at radius 2 is 1.42 bits per heavy atom. The van der Waals surface area contributed by atoms with Crippen molar-refractivity contribution in [1.29, 1.82) is 0 Å². The average molecular weight is 312 g/mol. The van der Waals surface area contributed by atoms with E-state index in [2.05, 4.69) is 88.4 Å². The van der Waals surface area contributed by atoms with Gasteiger partial charge in [0, 0.05) is 11.3 Å². The molecule has 0 fully saturated rings. The molecule has 2 atom stereocenters. The molecule has 3 aliphatic rings. The molecule has 5 rings (SSSR count). The van der Waals surface area contributed by atoms with Crippen LogP contribution < -0.4 is 0 Å². The smallest absolute Gasteiger partial charge is 0.0155 e. The minimum Gasteiger partial charge on any atom is -0.0749 e. The molecule has 3 aliphatic carbocycles. The van der Waals surface area contributed by atoms with Gasteiger partial charge < -0.3 is 0 Å². The molecule has 2 aromatic rings. The van der Waals surface area contributed by atoms with Crippen molar-refractivity contribution in [2.75, 3.05) is 0 Å². The van der Waals surface area contributed by atoms with Gasteiger partial charge in [0.25, 0.3) is 0 Å². The second-order valence-electron chi connectivity index (χ2n) is 8.69. The molecule has 2 unspecified atom stereocenters. The molecular weight excluding hydrogens is 288 g/mol. The predicted molar refractivity (Wildman–Crippen MR) is 101 cm³/mol. The highest BCUT2D eigenvalue weighted by molar-refractivity contribution is 5.91. The van der Waals surface area contributed by atoms with Crippen LogP contribution in [0.4, 0.5) is 0 Å². The first-order chi connectivity index (χ1) is 11.4. The van der Waals surface area contributed by atoms with Crippen LogP contribution in [0.5, 0.6) is 0 Å². The first-order valence-electron chi connectivity index (χ1n) is 9.06. The van der Waals surface area contributed by atoms with Gasteiger partial charge in [0.1, 0.15) is 0 Å². The Balaban J connectivity index is 1.78. The van der Waals surface area contributed by atoms with Crippen molar-refractivity contribution < 1.29 is 0 Å². The second kappa shape index (κ2) is 4.30. The number of allylic oxidation sites excluding steroid dienone is 4. The lowest BCUT2D eigenvalue weighted by Crippen LogP contribution is -2.27. The van der Waals surface area contributed by atoms with Crippen molar-refractivity contribution in [2.24, 2.45) is 5.92 Å². The molecule has 0 aromatic heterocycles. The summed E-state index contributed by atoms with van der Waals surface area (Å²) in [6.45, 7) is 9.60. The van der Waals surface area contributed by atoms with E-state index in [1.807, 2.05) is 0 Å². The van der Waals surface area contributed by atoms with Crippen molar-refractivity contribution in [1.82, 2.24) is 0 Å². The number of benzene rings is 2. The summed E-state index contributed by atoms with van der Waals surface area (Å²) in [6, 6.07) is 18.0. The zero-order valence-electron chi connectivity index (χ0n) is 14.9. The Kier molecular flexibility index (Phi) is 2.56. The Morgan fingerprint density at radius 3 is 2.21 bits per heavy atom. The summed E-state index contributed by atoms with van der Waals surface area (Å²) >= 11 is 0. The number of rotatable bonds is 0. The number of fused-ring (bicyclic) bond motifs is 6. The Morgan fingerprint density at radius 1 is 0.750 bits per heavy atom. The van der Waals surface area contributed by atoms with E-state index >= 15 is 0 Å². The van der Waals surface area contributed by atoms with E-state index in [1.54, 1.807) is 0 Å². The van der Waals surface area contributed by atoms with Crippen LogP contribution in [0.2, 0.25) is 0 Å². The summed E-state index contributed by atoms with van der Waals surface area (Å²) in [4.78, 5) is 0. The van der Waals surface area contributed by atoms with Crippen molar-refractivity contribution in [3.8, 4) is 0 Å². The molecule has 2 aromatic carbocycles. The third-order valence-electron chi connectivity index (χ3n) is 6.78. The van der Waals surface area contributed by atoms with Crippen LogP contribution in [0.3, 0.4) is 0 Å². The monoisotopic (exact) mass is 312 g/mol. The predicted octanol–water partition coefficient (Wildman–Crippen LogP) is 5.99. The van der Waals surface area contributed by atoms with E-state index in [0.29, 0.717) is 11.8 Å². The van der Waals surface area contributed by atoms with Gasteiger partial charge in [0.2, 0.25) is 0 Å². The van der Waals surface area contributed by atoms with Gasteiger partial charge in [0.15, 0.2) is 0 Å². The van der Waals surface area contributed by atoms with Crippen LogP contribution in [-0.4, -0.2) is 0 Å². The molecule has 0 spiro atoms. The molecule has 0 heteroatoms. The lowest BCUT2D eigenvalue weighted by molar-refractivity contribution is 0.390. The van der Waals surface area contributed by atoms with Crippen LogP contribution in [-0.2, 0) is 10.8 Å². The van der Waals surface area contributed by atoms with Crippen molar-refractivity contribution >= 4 is 5.57 Å². The fourth-order valence-corrected chi connectivity index (χ4v) is 5.43. The first-order valence-corrected chi connectivity index (χ1v) is 9.06. The summed E-state index contributed by atoms with van der Waals surface area (Å²) in [5.41, 5.74) is 9.29. The Bertz CT molecular complexity index is 921. The topological polar surface area (TPSA) is 0 Å². The summed E-state index contributed by atoms with van der Waals surface area (Å²) in [5.74, 6) is 1.07. The molecule has 0 N–H and O–H groups in total. The first kappa shape index (κ1) is 14.3. The molecule has 0 nitrogen and oxygen atoms in total. The maximum atomic E-state index is 2.61. The molecule has 0 amide bonds. The summed E-state index contributed by atoms with van der Waals surface area (Å²) in [6.07, 6.45) is 5.18. The fourth-order valence-electron chi connectivity index (χ4n) is 5.43. The number of hydrogen-bond donors (Lipinski definition) is 0. The molecule has 0 aliphatic heterocycles. The second-order valence-corrected chi connectivity index (χ2v) is 8.69. The molecular formula is C24H24. The van der Waals surface area contributed by atoms with Crippen molar-refractivity contribution in [2.45, 2.75) is 44.4 Å². The van der Waals surface area contributed by atoms with Gasteiger partial charge in [-0.1, -0.05) is 88.4 Å². The largest absolute Gasteiger partial charge is 0.0749 e. The van der Waals surface area contributed by atoms with Gasteiger partial charge in [-0.05, 0) is 44.7 Å². The lowest BCUT2D eigenvalue weighted by Gasteiger charge is -2.34. The molecule has 120 valence electrons. The van der Waals surface area contributed by atoms with E-state index in [-0.39, 0.29) is 10.8 Å². The van der Waals surface area contributed by atoms with Gasteiger partial charge in [0.05, 0.1) is 0 Å². The highest BCUT2D eigenvalue weighted by Gasteiger charge is 2.49. The number of hydrogen-bond acceptors (Lipinski definition) is 0. The van der Waals surface area contributed by atoms with Crippen LogP contribution in [0.1, 0.15) is 55.9 Å². The van der Waals surface area contributed by atoms with E-state index < -0.39 is 0 Å². The Hall–Kier alpha value is -2.08. The van der Waals surface area contributed by atoms with Crippen LogP contribution in [0.15, 0.2) is 66.3 Å². The maximum Gasteiger partial charge on any atom is 0.0155 e. The van der Waals surface area contributed by atoms with E-state index in [9.17, 15) is 0 Å². The van der Waals surface area contributed by atoms with Gasteiger partial charge >= 0.3 is 0 Å². The maximum absolute atomic E-state index is 2.61. The standard InChI is InChI=1S/C24H24/c1-23(2)19-11-7-5-9-15(19)17-13-18-16-10-6-8-12-20(16)24(3,4)22(18)14-21(17)23/h5-14,17,21H,1-4H3. The quantitative estimate of drug-likeness (QED) is 0.560. The van der Waals surface area contributed by atoms with Gasteiger partial charge in [-0.3, -0.25) is 0 Å². The fraction of sp³-hybridized carbons (Fsp3) is 0.333. The van der Waals surface area contributed by atoms with Crippen LogP contribution in [0.25, 0.3) is 5.57 Å². The van der Waals surface area contributed by atoms with Gasteiger partial charge in [-0.25, -0.2) is 0 Å². The third kappa shape index (κ3) is 1.55. The lowest BCUT2D eigenvalue weighted by atomic mass is 9.69. The highest BCUT2D eigenvalue weighted by atomic mass is 14.5. The highest BCUT2D eigenvalue weighted by Crippen LogP contribution is 2.60. The van der Waals surface area contributed by atoms with E-state index in [0.717, 1.165) is 0 Å². The van der Waals surface area contributed by atoms with E-state index in [1.165, 1.54) is 33.4 Å². The molecule has 0 saturated carbocycles. The van der Waals surface area contributed by atoms with Crippen LogP contribution in [0, 0.1) is 5.92 Å². The third-order valence-corrected chi connectivity index (χ3v) is 6.78. The molecule has 0 saturated heterocycles. The zero-order valence-corrected chi connectivity index (χ0v) is 14.9. The minimum absolute atomic E-state index is 0.109. The molecule has 0 heterocycles. The van der Waals surface area contributed by atoms with Crippen molar-refractivity contribution in [3.05, 3.63) is 88.5 Å². The molecule has 0 radical (unpaired) electrons. The summed E-state index contributed by atoms with van der Waals surface area (Å²) < 4.78 is 0. The summed E-state index contributed by atoms with van der Waals surface area (Å²) in [5, 5.41) is 0. The minimum atomic E-state index is 0.109. The van der Waals surface area contributed by atoms with Crippen LogP contribution >= 0.6 is 0 Å². The van der Waals surface area contributed by atoms with Gasteiger partial charge in [-0.15, -0.1) is 0 Å². The molecule has 24 heavy (non-hydrogen) atoms. The average Bonchev–Trinajstić information content (AvgIpc) is 2.95.